The molecule has 0 aliphatic rings. The Bertz CT molecular complexity index is 1380. The smallest absolute Gasteiger partial charge is 0.191 e. The van der Waals surface area contributed by atoms with Crippen LogP contribution in [0.5, 0.6) is 0 Å². The van der Waals surface area contributed by atoms with Gasteiger partial charge in [0.15, 0.2) is 15.3 Å². The van der Waals surface area contributed by atoms with Gasteiger partial charge in [-0.25, -0.2) is 13.4 Å². The Kier molecular flexibility index (Phi) is 4.98. The van der Waals surface area contributed by atoms with Crippen molar-refractivity contribution < 1.29 is 8.42 Å². The lowest BCUT2D eigenvalue weighted by atomic mass is 9.97. The molecule has 146 valence electrons. The van der Waals surface area contributed by atoms with E-state index in [-0.39, 0.29) is 11.2 Å². The van der Waals surface area contributed by atoms with Crippen molar-refractivity contribution >= 4 is 32.5 Å². The first-order valence-corrected chi connectivity index (χ1v) is 11.3. The maximum Gasteiger partial charge on any atom is 0.191 e. The van der Waals surface area contributed by atoms with Crippen LogP contribution in [-0.2, 0) is 15.6 Å². The number of hydrogen-bond donors (Lipinski definition) is 1. The van der Waals surface area contributed by atoms with E-state index in [9.17, 15) is 13.2 Å². The molecule has 0 unspecified atom stereocenters. The first-order chi connectivity index (χ1) is 13.8. The van der Waals surface area contributed by atoms with E-state index in [0.29, 0.717) is 27.3 Å². The molecule has 1 N–H and O–H groups in total. The van der Waals surface area contributed by atoms with Crippen molar-refractivity contribution in [2.75, 3.05) is 6.26 Å². The van der Waals surface area contributed by atoms with Crippen LogP contribution in [0.2, 0.25) is 5.02 Å². The van der Waals surface area contributed by atoms with E-state index >= 15 is 0 Å². The molecule has 4 aromatic rings. The van der Waals surface area contributed by atoms with Crippen LogP contribution in [0.25, 0.3) is 33.4 Å². The molecule has 2 aromatic carbocycles. The molecule has 5 nitrogen and oxygen atoms in total. The van der Waals surface area contributed by atoms with Crippen LogP contribution in [0.3, 0.4) is 0 Å². The van der Waals surface area contributed by atoms with Gasteiger partial charge in [-0.1, -0.05) is 54.1 Å². The van der Waals surface area contributed by atoms with Gasteiger partial charge in [-0.3, -0.25) is 4.79 Å². The van der Waals surface area contributed by atoms with E-state index < -0.39 is 9.84 Å². The summed E-state index contributed by atoms with van der Waals surface area (Å²) >= 11 is 6.38. The van der Waals surface area contributed by atoms with Crippen LogP contribution in [0.1, 0.15) is 5.56 Å². The number of benzene rings is 2. The zero-order valence-corrected chi connectivity index (χ0v) is 17.1. The first-order valence-electron chi connectivity index (χ1n) is 8.86. The minimum atomic E-state index is -3.20. The van der Waals surface area contributed by atoms with Crippen molar-refractivity contribution in [1.82, 2.24) is 9.97 Å². The molecule has 4 rings (SSSR count). The van der Waals surface area contributed by atoms with E-state index in [1.54, 1.807) is 30.5 Å². The molecule has 0 saturated heterocycles. The maximum atomic E-state index is 12.3. The summed E-state index contributed by atoms with van der Waals surface area (Å²) in [6.45, 7) is 0. The van der Waals surface area contributed by atoms with Gasteiger partial charge in [0.25, 0.3) is 0 Å². The predicted octanol–water partition coefficient (Wildman–Crippen LogP) is 4.46. The van der Waals surface area contributed by atoms with E-state index in [1.165, 1.54) is 12.3 Å². The van der Waals surface area contributed by atoms with Gasteiger partial charge in [0.1, 0.15) is 5.65 Å². The fraction of sp³-hybridized carbons (Fsp3) is 0.0909. The molecule has 0 saturated carbocycles. The monoisotopic (exact) mass is 424 g/mol. The van der Waals surface area contributed by atoms with Crippen molar-refractivity contribution in [3.8, 4) is 22.4 Å². The van der Waals surface area contributed by atoms with Gasteiger partial charge in [-0.05, 0) is 23.3 Å². The topological polar surface area (TPSA) is 79.9 Å². The van der Waals surface area contributed by atoms with E-state index in [0.717, 1.165) is 16.7 Å². The minimum Gasteiger partial charge on any atom is -0.346 e. The number of aromatic nitrogens is 2. The number of halogens is 1. The number of hydrogen-bond acceptors (Lipinski definition) is 4. The number of pyridine rings is 2. The summed E-state index contributed by atoms with van der Waals surface area (Å²) in [7, 11) is -3.20. The second-order valence-corrected chi connectivity index (χ2v) is 9.41. The number of sulfone groups is 1. The van der Waals surface area contributed by atoms with Crippen LogP contribution in [0, 0.1) is 0 Å². The van der Waals surface area contributed by atoms with Gasteiger partial charge in [0.05, 0.1) is 16.8 Å². The Balaban J connectivity index is 1.96. The average Bonchev–Trinajstić information content (AvgIpc) is 2.69. The largest absolute Gasteiger partial charge is 0.346 e. The standard InChI is InChI=1S/C22H17ClN2O3S/c1-29(27,28)13-16-8-7-15(11-19(16)23)17-12-18-20(26)9-10-24-22(18)25-21(17)14-5-3-2-4-6-14/h2-12H,13H2,1H3,(H,24,25,26). The van der Waals surface area contributed by atoms with Gasteiger partial charge in [0.2, 0.25) is 0 Å². The highest BCUT2D eigenvalue weighted by Crippen LogP contribution is 2.34. The summed E-state index contributed by atoms with van der Waals surface area (Å²) in [6.07, 6.45) is 2.74. The van der Waals surface area contributed by atoms with Gasteiger partial charge in [-0.2, -0.15) is 0 Å². The Labute approximate surface area is 172 Å². The summed E-state index contributed by atoms with van der Waals surface area (Å²) in [5.41, 5.74) is 3.99. The molecule has 29 heavy (non-hydrogen) atoms. The molecule has 0 bridgehead atoms. The molecule has 0 amide bonds. The third-order valence-electron chi connectivity index (χ3n) is 4.57. The molecule has 7 heteroatoms. The van der Waals surface area contributed by atoms with Crippen LogP contribution < -0.4 is 5.43 Å². The van der Waals surface area contributed by atoms with Crippen molar-refractivity contribution in [3.05, 3.63) is 87.7 Å². The van der Waals surface area contributed by atoms with Gasteiger partial charge >= 0.3 is 0 Å². The van der Waals surface area contributed by atoms with E-state index in [2.05, 4.69) is 4.98 Å². The number of nitrogens with one attached hydrogen (secondary N) is 1. The highest BCUT2D eigenvalue weighted by molar-refractivity contribution is 7.89. The van der Waals surface area contributed by atoms with Gasteiger partial charge < -0.3 is 4.98 Å². The minimum absolute atomic E-state index is 0.132. The Morgan fingerprint density at radius 2 is 1.76 bits per heavy atom. The summed E-state index contributed by atoms with van der Waals surface area (Å²) in [5, 5.41) is 0.826. The summed E-state index contributed by atoms with van der Waals surface area (Å²) in [5.74, 6) is -0.132. The number of fused-ring (bicyclic) bond motifs is 1. The second-order valence-electron chi connectivity index (χ2n) is 6.86. The quantitative estimate of drug-likeness (QED) is 0.524. The number of H-pyrrole nitrogens is 1. The Morgan fingerprint density at radius 1 is 1.00 bits per heavy atom. The first kappa shape index (κ1) is 19.4. The fourth-order valence-corrected chi connectivity index (χ4v) is 4.39. The SMILES string of the molecule is CS(=O)(=O)Cc1ccc(-c2cc3c(=O)cc[nH]c3nc2-c2ccccc2)cc1Cl. The molecular formula is C22H17ClN2O3S. The predicted molar refractivity (Wildman–Crippen MR) is 117 cm³/mol. The lowest BCUT2D eigenvalue weighted by Gasteiger charge is -2.13. The van der Waals surface area contributed by atoms with Crippen molar-refractivity contribution in [3.63, 3.8) is 0 Å². The number of rotatable bonds is 4. The third kappa shape index (κ3) is 4.09. The zero-order chi connectivity index (χ0) is 20.6. The highest BCUT2D eigenvalue weighted by Gasteiger charge is 2.15. The zero-order valence-electron chi connectivity index (χ0n) is 15.5. The molecule has 2 heterocycles. The normalized spacial score (nSPS) is 11.7. The van der Waals surface area contributed by atoms with Crippen molar-refractivity contribution in [1.29, 1.82) is 0 Å². The number of nitrogens with zero attached hydrogens (tertiary/aromatic N) is 1. The lowest BCUT2D eigenvalue weighted by molar-refractivity contribution is 0.601. The molecule has 0 fully saturated rings. The van der Waals surface area contributed by atoms with E-state index in [4.69, 9.17) is 16.6 Å². The second kappa shape index (κ2) is 7.46. The summed E-state index contributed by atoms with van der Waals surface area (Å²) in [6, 6.07) is 18.1. The van der Waals surface area contributed by atoms with Gasteiger partial charge in [-0.15, -0.1) is 0 Å². The molecule has 0 atom stereocenters. The summed E-state index contributed by atoms with van der Waals surface area (Å²) < 4.78 is 23.2. The van der Waals surface area contributed by atoms with Gasteiger partial charge in [0, 0.05) is 34.7 Å². The molecule has 2 aromatic heterocycles. The third-order valence-corrected chi connectivity index (χ3v) is 5.76. The van der Waals surface area contributed by atoms with Crippen molar-refractivity contribution in [2.45, 2.75) is 5.75 Å². The Hall–Kier alpha value is -2.96. The molecule has 0 spiro atoms. The Morgan fingerprint density at radius 3 is 2.45 bits per heavy atom. The lowest BCUT2D eigenvalue weighted by Crippen LogP contribution is -2.04. The van der Waals surface area contributed by atoms with Crippen LogP contribution >= 0.6 is 11.6 Å². The highest BCUT2D eigenvalue weighted by atomic mass is 35.5. The molecule has 0 aliphatic carbocycles. The molecule has 0 aliphatic heterocycles. The maximum absolute atomic E-state index is 12.3. The average molecular weight is 425 g/mol. The fourth-order valence-electron chi connectivity index (χ4n) is 3.25. The van der Waals surface area contributed by atoms with Crippen LogP contribution in [0.15, 0.2) is 71.7 Å². The summed E-state index contributed by atoms with van der Waals surface area (Å²) in [4.78, 5) is 20.1. The molecular weight excluding hydrogens is 408 g/mol. The van der Waals surface area contributed by atoms with Crippen LogP contribution in [-0.4, -0.2) is 24.6 Å². The van der Waals surface area contributed by atoms with E-state index in [1.807, 2.05) is 30.3 Å². The van der Waals surface area contributed by atoms with Crippen molar-refractivity contribution in [2.24, 2.45) is 0 Å². The molecule has 0 radical (unpaired) electrons. The number of aromatic amines is 1. The van der Waals surface area contributed by atoms with Crippen LogP contribution in [0.4, 0.5) is 0 Å².